The van der Waals surface area contributed by atoms with Gasteiger partial charge < -0.3 is 9.80 Å². The van der Waals surface area contributed by atoms with Crippen molar-refractivity contribution in [2.45, 2.75) is 26.8 Å². The van der Waals surface area contributed by atoms with Crippen LogP contribution in [0.4, 0.5) is 0 Å². The first kappa shape index (κ1) is 23.3. The number of aryl methyl sites for hydroxylation is 2. The molecule has 6 nitrogen and oxygen atoms in total. The van der Waals surface area contributed by atoms with E-state index in [0.717, 1.165) is 29.9 Å². The lowest BCUT2D eigenvalue weighted by atomic mass is 10.1. The molecule has 3 aromatic rings. The van der Waals surface area contributed by atoms with E-state index in [0.29, 0.717) is 34.5 Å². The first-order chi connectivity index (χ1) is 14.7. The Morgan fingerprint density at radius 1 is 1.03 bits per heavy atom. The predicted molar refractivity (Wildman–Crippen MR) is 125 cm³/mol. The lowest BCUT2D eigenvalue weighted by Crippen LogP contribution is -2.33. The van der Waals surface area contributed by atoms with E-state index in [-0.39, 0.29) is 5.91 Å². The van der Waals surface area contributed by atoms with E-state index in [1.807, 2.05) is 51.0 Å². The summed E-state index contributed by atoms with van der Waals surface area (Å²) in [5.41, 5.74) is 3.39. The van der Waals surface area contributed by atoms with Crippen LogP contribution in [0.1, 0.15) is 33.7 Å². The Morgan fingerprint density at radius 2 is 1.81 bits per heavy atom. The largest absolute Gasteiger partial charge is 0.334 e. The maximum atomic E-state index is 13.3. The van der Waals surface area contributed by atoms with E-state index in [9.17, 15) is 4.79 Å². The quantitative estimate of drug-likeness (QED) is 0.485. The van der Waals surface area contributed by atoms with Gasteiger partial charge in [-0.15, -0.1) is 0 Å². The van der Waals surface area contributed by atoms with Gasteiger partial charge in [0.1, 0.15) is 0 Å². The number of halogens is 2. The molecule has 8 heteroatoms. The Balaban J connectivity index is 1.80. The summed E-state index contributed by atoms with van der Waals surface area (Å²) in [4.78, 5) is 21.7. The van der Waals surface area contributed by atoms with Gasteiger partial charge in [0.25, 0.3) is 5.91 Å². The number of aromatic nitrogens is 3. The van der Waals surface area contributed by atoms with Crippen LogP contribution in [0.3, 0.4) is 0 Å². The molecule has 164 valence electrons. The summed E-state index contributed by atoms with van der Waals surface area (Å²) in [6, 6.07) is 11.1. The van der Waals surface area contributed by atoms with Gasteiger partial charge >= 0.3 is 0 Å². The highest BCUT2D eigenvalue weighted by Crippen LogP contribution is 2.24. The summed E-state index contributed by atoms with van der Waals surface area (Å²) >= 11 is 12.2. The van der Waals surface area contributed by atoms with E-state index in [2.05, 4.69) is 15.0 Å². The Bertz CT molecular complexity index is 1050. The summed E-state index contributed by atoms with van der Waals surface area (Å²) in [6.07, 6.45) is 2.47. The van der Waals surface area contributed by atoms with Crippen LogP contribution in [0, 0.1) is 13.8 Å². The molecule has 0 aliphatic carbocycles. The van der Waals surface area contributed by atoms with Crippen LogP contribution in [0.25, 0.3) is 5.82 Å². The monoisotopic (exact) mass is 459 g/mol. The molecule has 0 saturated heterocycles. The smallest absolute Gasteiger partial charge is 0.255 e. The molecule has 0 spiro atoms. The highest BCUT2D eigenvalue weighted by atomic mass is 35.5. The second-order valence-corrected chi connectivity index (χ2v) is 8.69. The summed E-state index contributed by atoms with van der Waals surface area (Å²) in [5.74, 6) is 0.614. The third kappa shape index (κ3) is 6.06. The SMILES string of the molecule is Cc1cc(C)n(-c2ccc(C(=O)N(CCCN(C)C)Cc3ccc(Cl)c(Cl)c3)cn2)n1. The van der Waals surface area contributed by atoms with Gasteiger partial charge in [-0.3, -0.25) is 4.79 Å². The minimum absolute atomic E-state index is 0.0720. The van der Waals surface area contributed by atoms with Gasteiger partial charge in [0.2, 0.25) is 0 Å². The molecule has 3 rings (SSSR count). The van der Waals surface area contributed by atoms with Gasteiger partial charge in [-0.2, -0.15) is 5.10 Å². The molecule has 2 aromatic heterocycles. The fraction of sp³-hybridized carbons (Fsp3) is 0.348. The lowest BCUT2D eigenvalue weighted by molar-refractivity contribution is 0.0737. The molecular weight excluding hydrogens is 433 g/mol. The molecule has 0 radical (unpaired) electrons. The molecule has 0 fully saturated rings. The number of carbonyl (C=O) groups is 1. The minimum Gasteiger partial charge on any atom is -0.334 e. The number of hydrogen-bond donors (Lipinski definition) is 0. The standard InChI is InChI=1S/C23H27Cl2N5O/c1-16-12-17(2)30(27-16)22-9-7-19(14-26-22)23(31)29(11-5-10-28(3)4)15-18-6-8-20(24)21(25)13-18/h6-9,12-14H,5,10-11,15H2,1-4H3. The number of hydrogen-bond acceptors (Lipinski definition) is 4. The van der Waals surface area contributed by atoms with Gasteiger partial charge in [0, 0.05) is 25.0 Å². The van der Waals surface area contributed by atoms with Crippen LogP contribution in [0.5, 0.6) is 0 Å². The number of rotatable bonds is 8. The average molecular weight is 460 g/mol. The molecular formula is C23H27Cl2N5O. The van der Waals surface area contributed by atoms with Crippen molar-refractivity contribution in [2.75, 3.05) is 27.2 Å². The topological polar surface area (TPSA) is 54.3 Å². The summed E-state index contributed by atoms with van der Waals surface area (Å²) in [6.45, 7) is 5.87. The first-order valence-electron chi connectivity index (χ1n) is 10.1. The van der Waals surface area contributed by atoms with Crippen molar-refractivity contribution in [1.82, 2.24) is 24.6 Å². The predicted octanol–water partition coefficient (Wildman–Crippen LogP) is 4.79. The van der Waals surface area contributed by atoms with Crippen LogP contribution in [-0.4, -0.2) is 57.7 Å². The van der Waals surface area contributed by atoms with Crippen molar-refractivity contribution in [1.29, 1.82) is 0 Å². The normalized spacial score (nSPS) is 11.2. The molecule has 0 aliphatic rings. The van der Waals surface area contributed by atoms with Crippen LogP contribution >= 0.6 is 23.2 Å². The molecule has 0 saturated carbocycles. The molecule has 1 aromatic carbocycles. The molecule has 31 heavy (non-hydrogen) atoms. The van der Waals surface area contributed by atoms with Crippen molar-refractivity contribution in [3.63, 3.8) is 0 Å². The highest BCUT2D eigenvalue weighted by Gasteiger charge is 2.18. The Hall–Kier alpha value is -2.41. The number of carbonyl (C=O) groups excluding carboxylic acids is 1. The van der Waals surface area contributed by atoms with Crippen molar-refractivity contribution < 1.29 is 4.79 Å². The molecule has 0 N–H and O–H groups in total. The molecule has 0 bridgehead atoms. The summed E-state index contributed by atoms with van der Waals surface area (Å²) in [5, 5.41) is 5.43. The fourth-order valence-corrected chi connectivity index (χ4v) is 3.69. The number of pyridine rings is 1. The van der Waals surface area contributed by atoms with Crippen molar-refractivity contribution in [3.8, 4) is 5.82 Å². The number of benzene rings is 1. The Labute approximate surface area is 193 Å². The third-order valence-corrected chi connectivity index (χ3v) is 5.64. The fourth-order valence-electron chi connectivity index (χ4n) is 3.37. The third-order valence-electron chi connectivity index (χ3n) is 4.90. The minimum atomic E-state index is -0.0720. The first-order valence-corrected chi connectivity index (χ1v) is 10.9. The number of amides is 1. The van der Waals surface area contributed by atoms with Gasteiger partial charge in [0.05, 0.1) is 21.3 Å². The van der Waals surface area contributed by atoms with E-state index in [4.69, 9.17) is 23.2 Å². The zero-order valence-corrected chi connectivity index (χ0v) is 19.8. The van der Waals surface area contributed by atoms with Crippen LogP contribution in [0.2, 0.25) is 10.0 Å². The maximum absolute atomic E-state index is 13.3. The van der Waals surface area contributed by atoms with Crippen LogP contribution in [0.15, 0.2) is 42.6 Å². The summed E-state index contributed by atoms with van der Waals surface area (Å²) in [7, 11) is 4.04. The van der Waals surface area contributed by atoms with Gasteiger partial charge in [-0.25, -0.2) is 9.67 Å². The zero-order valence-electron chi connectivity index (χ0n) is 18.3. The second kappa shape index (κ2) is 10.3. The van der Waals surface area contributed by atoms with Crippen LogP contribution in [-0.2, 0) is 6.54 Å². The zero-order chi connectivity index (χ0) is 22.5. The van der Waals surface area contributed by atoms with Crippen LogP contribution < -0.4 is 0 Å². The average Bonchev–Trinajstić information content (AvgIpc) is 3.07. The van der Waals surface area contributed by atoms with Gasteiger partial charge in [0.15, 0.2) is 5.82 Å². The highest BCUT2D eigenvalue weighted by molar-refractivity contribution is 6.42. The molecule has 0 unspecified atom stereocenters. The van der Waals surface area contributed by atoms with Crippen molar-refractivity contribution in [2.24, 2.45) is 0 Å². The van der Waals surface area contributed by atoms with E-state index in [1.54, 1.807) is 29.1 Å². The van der Waals surface area contributed by atoms with E-state index < -0.39 is 0 Å². The lowest BCUT2D eigenvalue weighted by Gasteiger charge is -2.24. The number of nitrogens with zero attached hydrogens (tertiary/aromatic N) is 5. The Kier molecular flexibility index (Phi) is 7.70. The Morgan fingerprint density at radius 3 is 2.39 bits per heavy atom. The van der Waals surface area contributed by atoms with E-state index in [1.165, 1.54) is 0 Å². The van der Waals surface area contributed by atoms with Gasteiger partial charge in [-0.1, -0.05) is 29.3 Å². The van der Waals surface area contributed by atoms with Crippen molar-refractivity contribution >= 4 is 29.1 Å². The van der Waals surface area contributed by atoms with Crippen molar-refractivity contribution in [3.05, 3.63) is 75.2 Å². The maximum Gasteiger partial charge on any atom is 0.255 e. The second-order valence-electron chi connectivity index (χ2n) is 7.88. The van der Waals surface area contributed by atoms with E-state index >= 15 is 0 Å². The summed E-state index contributed by atoms with van der Waals surface area (Å²) < 4.78 is 1.77. The van der Waals surface area contributed by atoms with Gasteiger partial charge in [-0.05, 0) is 76.8 Å². The molecule has 0 atom stereocenters. The molecule has 0 aliphatic heterocycles. The molecule has 1 amide bonds. The molecule has 2 heterocycles.